The molecule has 0 bridgehead atoms. The zero-order valence-electron chi connectivity index (χ0n) is 10.9. The van der Waals surface area contributed by atoms with Gasteiger partial charge in [-0.3, -0.25) is 4.72 Å². The van der Waals surface area contributed by atoms with Crippen molar-refractivity contribution in [3.8, 4) is 11.8 Å². The number of nitriles is 1. The third-order valence-corrected chi connectivity index (χ3v) is 4.40. The molecule has 6 nitrogen and oxygen atoms in total. The van der Waals surface area contributed by atoms with Crippen molar-refractivity contribution in [2.75, 3.05) is 11.8 Å². The average Bonchev–Trinajstić information content (AvgIpc) is 2.47. The van der Waals surface area contributed by atoms with E-state index < -0.39 is 10.0 Å². The van der Waals surface area contributed by atoms with Crippen LogP contribution in [0.25, 0.3) is 0 Å². The summed E-state index contributed by atoms with van der Waals surface area (Å²) in [7, 11) is -2.52. The van der Waals surface area contributed by atoms with Gasteiger partial charge in [0.25, 0.3) is 10.0 Å². The minimum absolute atomic E-state index is 0.127. The Bertz CT molecular complexity index is 816. The fraction of sp³-hybridized carbons (Fsp3) is 0.0769. The van der Waals surface area contributed by atoms with Gasteiger partial charge >= 0.3 is 0 Å². The number of sulfonamides is 1. The van der Waals surface area contributed by atoms with Gasteiger partial charge in [-0.05, 0) is 24.3 Å². The molecule has 8 heteroatoms. The molecule has 0 saturated heterocycles. The summed E-state index contributed by atoms with van der Waals surface area (Å²) in [5.74, 6) is 0.234. The molecule has 0 spiro atoms. The number of aromatic nitrogens is 1. The standard InChI is InChI=1S/C13H10ClN3O3S/c1-20-11-7-9(8-15)4-5-10(11)17-21(18,19)12-3-2-6-16-13(12)14/h2-7,17H,1H3. The lowest BCUT2D eigenvalue weighted by atomic mass is 10.2. The van der Waals surface area contributed by atoms with Gasteiger partial charge in [-0.15, -0.1) is 0 Å². The largest absolute Gasteiger partial charge is 0.495 e. The Balaban J connectivity index is 2.42. The van der Waals surface area contributed by atoms with Gasteiger partial charge in [0.1, 0.15) is 15.8 Å². The van der Waals surface area contributed by atoms with Crippen LogP contribution >= 0.6 is 11.6 Å². The number of halogens is 1. The molecule has 108 valence electrons. The van der Waals surface area contributed by atoms with E-state index in [1.165, 1.54) is 43.6 Å². The van der Waals surface area contributed by atoms with Crippen molar-refractivity contribution in [3.05, 3.63) is 47.2 Å². The summed E-state index contributed by atoms with van der Waals surface area (Å²) in [5.41, 5.74) is 0.561. The van der Waals surface area contributed by atoms with Gasteiger partial charge < -0.3 is 4.74 Å². The molecule has 0 amide bonds. The molecule has 21 heavy (non-hydrogen) atoms. The Morgan fingerprint density at radius 1 is 1.38 bits per heavy atom. The zero-order valence-corrected chi connectivity index (χ0v) is 12.4. The van der Waals surface area contributed by atoms with Gasteiger partial charge in [0, 0.05) is 12.3 Å². The highest BCUT2D eigenvalue weighted by atomic mass is 35.5. The molecule has 0 radical (unpaired) electrons. The average molecular weight is 324 g/mol. The van der Waals surface area contributed by atoms with Crippen LogP contribution < -0.4 is 9.46 Å². The maximum absolute atomic E-state index is 12.3. The smallest absolute Gasteiger partial charge is 0.265 e. The molecule has 0 atom stereocenters. The van der Waals surface area contributed by atoms with Crippen LogP contribution in [0.4, 0.5) is 5.69 Å². The Morgan fingerprint density at radius 3 is 2.76 bits per heavy atom. The second-order valence-electron chi connectivity index (χ2n) is 3.92. The topological polar surface area (TPSA) is 92.1 Å². The lowest BCUT2D eigenvalue weighted by Gasteiger charge is -2.12. The van der Waals surface area contributed by atoms with Crippen molar-refractivity contribution in [2.24, 2.45) is 0 Å². The van der Waals surface area contributed by atoms with E-state index >= 15 is 0 Å². The van der Waals surface area contributed by atoms with Crippen molar-refractivity contribution in [1.82, 2.24) is 4.98 Å². The van der Waals surface area contributed by atoms with Crippen LogP contribution in [-0.4, -0.2) is 20.5 Å². The summed E-state index contributed by atoms with van der Waals surface area (Å²) in [6, 6.07) is 9.11. The van der Waals surface area contributed by atoms with Crippen molar-refractivity contribution < 1.29 is 13.2 Å². The lowest BCUT2D eigenvalue weighted by molar-refractivity contribution is 0.416. The van der Waals surface area contributed by atoms with Crippen LogP contribution in [0.15, 0.2) is 41.4 Å². The van der Waals surface area contributed by atoms with Crippen molar-refractivity contribution >= 4 is 27.3 Å². The second kappa shape index (κ2) is 5.99. The SMILES string of the molecule is COc1cc(C#N)ccc1NS(=O)(=O)c1cccnc1Cl. The number of hydrogen-bond donors (Lipinski definition) is 1. The number of hydrogen-bond acceptors (Lipinski definition) is 5. The van der Waals surface area contributed by atoms with Gasteiger partial charge in [-0.2, -0.15) is 5.26 Å². The quantitative estimate of drug-likeness (QED) is 0.872. The first-order chi connectivity index (χ1) is 9.97. The molecule has 0 aliphatic rings. The highest BCUT2D eigenvalue weighted by Gasteiger charge is 2.20. The molecule has 2 rings (SSSR count). The minimum Gasteiger partial charge on any atom is -0.495 e. The normalized spacial score (nSPS) is 10.7. The highest BCUT2D eigenvalue weighted by molar-refractivity contribution is 7.92. The molecule has 0 aliphatic heterocycles. The Labute approximate surface area is 127 Å². The van der Waals surface area contributed by atoms with Crippen LogP contribution in [-0.2, 0) is 10.0 Å². The maximum Gasteiger partial charge on any atom is 0.265 e. The fourth-order valence-corrected chi connectivity index (χ4v) is 3.14. The molecule has 1 aromatic carbocycles. The molecule has 1 heterocycles. The third-order valence-electron chi connectivity index (χ3n) is 2.59. The molecule has 0 saturated carbocycles. The van der Waals surface area contributed by atoms with Gasteiger partial charge in [0.05, 0.1) is 24.4 Å². The lowest BCUT2D eigenvalue weighted by Crippen LogP contribution is -2.14. The van der Waals surface area contributed by atoms with Crippen LogP contribution in [0.5, 0.6) is 5.75 Å². The monoisotopic (exact) mass is 323 g/mol. The van der Waals surface area contributed by atoms with E-state index in [9.17, 15) is 8.42 Å². The molecular weight excluding hydrogens is 314 g/mol. The first-order valence-corrected chi connectivity index (χ1v) is 7.55. The number of nitrogens with one attached hydrogen (secondary N) is 1. The molecular formula is C13H10ClN3O3S. The molecule has 0 aliphatic carbocycles. The molecule has 0 unspecified atom stereocenters. The van der Waals surface area contributed by atoms with E-state index in [2.05, 4.69) is 9.71 Å². The summed E-state index contributed by atoms with van der Waals surface area (Å²) in [6.45, 7) is 0. The van der Waals surface area contributed by atoms with E-state index in [1.807, 2.05) is 6.07 Å². The molecule has 2 aromatic rings. The Kier molecular flexibility index (Phi) is 4.31. The van der Waals surface area contributed by atoms with E-state index in [0.29, 0.717) is 5.56 Å². The van der Waals surface area contributed by atoms with Gasteiger partial charge in [-0.1, -0.05) is 11.6 Å². The Morgan fingerprint density at radius 2 is 2.14 bits per heavy atom. The van der Waals surface area contributed by atoms with Crippen LogP contribution in [0.2, 0.25) is 5.15 Å². The fourth-order valence-electron chi connectivity index (χ4n) is 1.62. The summed E-state index contributed by atoms with van der Waals surface area (Å²) in [5, 5.41) is 8.70. The van der Waals surface area contributed by atoms with Gasteiger partial charge in [-0.25, -0.2) is 13.4 Å². The number of anilines is 1. The maximum atomic E-state index is 12.3. The van der Waals surface area contributed by atoms with E-state index in [0.717, 1.165) is 0 Å². The van der Waals surface area contributed by atoms with Gasteiger partial charge in [0.15, 0.2) is 0 Å². The summed E-state index contributed by atoms with van der Waals surface area (Å²) >= 11 is 5.79. The summed E-state index contributed by atoms with van der Waals surface area (Å²) < 4.78 is 32.0. The van der Waals surface area contributed by atoms with Crippen molar-refractivity contribution in [3.63, 3.8) is 0 Å². The predicted molar refractivity (Wildman–Crippen MR) is 77.8 cm³/mol. The van der Waals surface area contributed by atoms with Crippen LogP contribution in [0, 0.1) is 11.3 Å². The van der Waals surface area contributed by atoms with E-state index in [-0.39, 0.29) is 21.5 Å². The first kappa shape index (κ1) is 15.1. The van der Waals surface area contributed by atoms with Crippen molar-refractivity contribution in [2.45, 2.75) is 4.90 Å². The predicted octanol–water partition coefficient (Wildman–Crippen LogP) is 2.42. The third kappa shape index (κ3) is 3.24. The number of pyridine rings is 1. The number of methoxy groups -OCH3 is 1. The molecule has 1 aromatic heterocycles. The summed E-state index contributed by atoms with van der Waals surface area (Å²) in [6.07, 6.45) is 1.39. The first-order valence-electron chi connectivity index (χ1n) is 5.69. The van der Waals surface area contributed by atoms with Gasteiger partial charge in [0.2, 0.25) is 0 Å². The van der Waals surface area contributed by atoms with Crippen LogP contribution in [0.1, 0.15) is 5.56 Å². The summed E-state index contributed by atoms with van der Waals surface area (Å²) in [4.78, 5) is 3.59. The number of nitrogens with zero attached hydrogens (tertiary/aromatic N) is 2. The zero-order chi connectivity index (χ0) is 15.5. The van der Waals surface area contributed by atoms with E-state index in [4.69, 9.17) is 21.6 Å². The Hall–Kier alpha value is -2.30. The van der Waals surface area contributed by atoms with E-state index in [1.54, 1.807) is 0 Å². The number of rotatable bonds is 4. The highest BCUT2D eigenvalue weighted by Crippen LogP contribution is 2.29. The minimum atomic E-state index is -3.90. The molecule has 0 fully saturated rings. The number of benzene rings is 1. The second-order valence-corrected chi connectivity index (χ2v) is 5.93. The number of ether oxygens (including phenoxy) is 1. The molecule has 1 N–H and O–H groups in total. The van der Waals surface area contributed by atoms with Crippen LogP contribution in [0.3, 0.4) is 0 Å². The van der Waals surface area contributed by atoms with Crippen molar-refractivity contribution in [1.29, 1.82) is 5.26 Å².